The van der Waals surface area contributed by atoms with Gasteiger partial charge in [0.25, 0.3) is 0 Å². The summed E-state index contributed by atoms with van der Waals surface area (Å²) in [6, 6.07) is 21.1. The molecule has 0 spiro atoms. The number of carbonyl (C=O) groups is 1. The summed E-state index contributed by atoms with van der Waals surface area (Å²) < 4.78 is 18.5. The number of hydrogen-bond donors (Lipinski definition) is 3. The SMILES string of the molecule is COc1ccc(Nc2cc(C)nc(Nc3ccc(NC(=O)CCc4ccc(F)c(Cl)c4)cc3)n2)cc1. The second kappa shape index (κ2) is 11.5. The highest BCUT2D eigenvalue weighted by Crippen LogP contribution is 2.22. The Morgan fingerprint density at radius 3 is 2.28 bits per heavy atom. The number of halogens is 2. The van der Waals surface area contributed by atoms with E-state index < -0.39 is 5.82 Å². The van der Waals surface area contributed by atoms with Gasteiger partial charge in [-0.1, -0.05) is 17.7 Å². The minimum atomic E-state index is -0.473. The molecule has 0 bridgehead atoms. The first-order chi connectivity index (χ1) is 17.4. The lowest BCUT2D eigenvalue weighted by atomic mass is 10.1. The van der Waals surface area contributed by atoms with E-state index in [1.807, 2.05) is 49.4 Å². The molecule has 36 heavy (non-hydrogen) atoms. The van der Waals surface area contributed by atoms with Crippen LogP contribution in [-0.4, -0.2) is 23.0 Å². The van der Waals surface area contributed by atoms with Crippen LogP contribution in [-0.2, 0) is 11.2 Å². The van der Waals surface area contributed by atoms with Gasteiger partial charge in [-0.3, -0.25) is 4.79 Å². The Kier molecular flexibility index (Phi) is 7.97. The molecular formula is C27H25ClFN5O2. The Balaban J connectivity index is 1.33. The van der Waals surface area contributed by atoms with Crippen molar-refractivity contribution in [1.29, 1.82) is 0 Å². The maximum atomic E-state index is 13.3. The van der Waals surface area contributed by atoms with E-state index in [0.29, 0.717) is 23.9 Å². The molecule has 1 amide bonds. The second-order valence-electron chi connectivity index (χ2n) is 8.07. The van der Waals surface area contributed by atoms with E-state index in [0.717, 1.165) is 28.4 Å². The molecule has 7 nitrogen and oxygen atoms in total. The van der Waals surface area contributed by atoms with Crippen molar-refractivity contribution in [3.05, 3.63) is 94.9 Å². The largest absolute Gasteiger partial charge is 0.497 e. The normalized spacial score (nSPS) is 10.6. The number of amides is 1. The highest BCUT2D eigenvalue weighted by atomic mass is 35.5. The molecule has 4 aromatic rings. The predicted octanol–water partition coefficient (Wildman–Crippen LogP) is 6.64. The van der Waals surface area contributed by atoms with Gasteiger partial charge in [0.2, 0.25) is 11.9 Å². The number of ether oxygens (including phenoxy) is 1. The molecule has 1 heterocycles. The minimum absolute atomic E-state index is 0.0530. The summed E-state index contributed by atoms with van der Waals surface area (Å²) in [4.78, 5) is 21.3. The summed E-state index contributed by atoms with van der Waals surface area (Å²) in [5, 5.41) is 9.36. The molecule has 0 saturated heterocycles. The number of nitrogens with one attached hydrogen (secondary N) is 3. The average molecular weight is 506 g/mol. The number of aromatic nitrogens is 2. The molecule has 0 unspecified atom stereocenters. The first kappa shape index (κ1) is 24.9. The summed E-state index contributed by atoms with van der Waals surface area (Å²) in [7, 11) is 1.63. The molecule has 9 heteroatoms. The summed E-state index contributed by atoms with van der Waals surface area (Å²) in [6.45, 7) is 1.89. The standard InChI is InChI=1S/C27H25ClFN5O2/c1-17-15-25(31-19-9-11-22(36-2)12-10-19)34-27(30-17)33-21-7-5-20(6-8-21)32-26(35)14-4-18-3-13-24(29)23(28)16-18/h3,5-13,15-16H,4,14H2,1-2H3,(H,32,35)(H2,30,31,33,34). The van der Waals surface area contributed by atoms with Crippen molar-refractivity contribution in [2.75, 3.05) is 23.1 Å². The van der Waals surface area contributed by atoms with Crippen molar-refractivity contribution in [3.63, 3.8) is 0 Å². The molecule has 0 aliphatic carbocycles. The van der Waals surface area contributed by atoms with Crippen LogP contribution in [0.5, 0.6) is 5.75 Å². The van der Waals surface area contributed by atoms with Crippen molar-refractivity contribution in [2.45, 2.75) is 19.8 Å². The Labute approximate surface area is 213 Å². The fourth-order valence-corrected chi connectivity index (χ4v) is 3.66. The molecule has 0 aliphatic rings. The number of carbonyl (C=O) groups excluding carboxylic acids is 1. The Hall–Kier alpha value is -4.17. The highest BCUT2D eigenvalue weighted by Gasteiger charge is 2.07. The van der Waals surface area contributed by atoms with Gasteiger partial charge in [0.05, 0.1) is 12.1 Å². The smallest absolute Gasteiger partial charge is 0.229 e. The fraction of sp³-hybridized carbons (Fsp3) is 0.148. The molecule has 184 valence electrons. The second-order valence-corrected chi connectivity index (χ2v) is 8.48. The molecular weight excluding hydrogens is 481 g/mol. The first-order valence-corrected chi connectivity index (χ1v) is 11.6. The van der Waals surface area contributed by atoms with Crippen LogP contribution in [0, 0.1) is 12.7 Å². The first-order valence-electron chi connectivity index (χ1n) is 11.3. The van der Waals surface area contributed by atoms with Crippen LogP contribution in [0.15, 0.2) is 72.8 Å². The molecule has 3 N–H and O–H groups in total. The predicted molar refractivity (Wildman–Crippen MR) is 141 cm³/mol. The third kappa shape index (κ3) is 6.93. The van der Waals surface area contributed by atoms with Crippen LogP contribution < -0.4 is 20.7 Å². The Morgan fingerprint density at radius 1 is 0.917 bits per heavy atom. The lowest BCUT2D eigenvalue weighted by molar-refractivity contribution is -0.116. The summed E-state index contributed by atoms with van der Waals surface area (Å²) in [6.07, 6.45) is 0.714. The average Bonchev–Trinajstić information content (AvgIpc) is 2.86. The van der Waals surface area contributed by atoms with Crippen LogP contribution in [0.4, 0.5) is 33.2 Å². The van der Waals surface area contributed by atoms with Crippen molar-refractivity contribution in [1.82, 2.24) is 9.97 Å². The summed E-state index contributed by atoms with van der Waals surface area (Å²) in [5.41, 5.74) is 3.91. The van der Waals surface area contributed by atoms with E-state index >= 15 is 0 Å². The van der Waals surface area contributed by atoms with Crippen LogP contribution in [0.3, 0.4) is 0 Å². The van der Waals surface area contributed by atoms with Gasteiger partial charge < -0.3 is 20.7 Å². The van der Waals surface area contributed by atoms with Gasteiger partial charge in [0.15, 0.2) is 0 Å². The monoisotopic (exact) mass is 505 g/mol. The third-order valence-electron chi connectivity index (χ3n) is 5.27. The zero-order valence-electron chi connectivity index (χ0n) is 19.8. The minimum Gasteiger partial charge on any atom is -0.497 e. The van der Waals surface area contributed by atoms with Gasteiger partial charge in [-0.05, 0) is 79.6 Å². The van der Waals surface area contributed by atoms with Crippen molar-refractivity contribution in [2.24, 2.45) is 0 Å². The number of hydrogen-bond acceptors (Lipinski definition) is 6. The Morgan fingerprint density at radius 2 is 1.58 bits per heavy atom. The summed E-state index contributed by atoms with van der Waals surface area (Å²) in [5.74, 6) is 1.26. The van der Waals surface area contributed by atoms with E-state index in [2.05, 4.69) is 25.9 Å². The Bertz CT molecular complexity index is 1350. The molecule has 1 aromatic heterocycles. The highest BCUT2D eigenvalue weighted by molar-refractivity contribution is 6.30. The van der Waals surface area contributed by atoms with Gasteiger partial charge in [0, 0.05) is 35.2 Å². The maximum Gasteiger partial charge on any atom is 0.229 e. The van der Waals surface area contributed by atoms with E-state index in [9.17, 15) is 9.18 Å². The van der Waals surface area contributed by atoms with Gasteiger partial charge >= 0.3 is 0 Å². The van der Waals surface area contributed by atoms with E-state index in [4.69, 9.17) is 16.3 Å². The zero-order valence-corrected chi connectivity index (χ0v) is 20.6. The van der Waals surface area contributed by atoms with Crippen LogP contribution in [0.1, 0.15) is 17.7 Å². The van der Waals surface area contributed by atoms with Crippen LogP contribution >= 0.6 is 11.6 Å². The number of aryl methyl sites for hydroxylation is 2. The molecule has 0 fully saturated rings. The van der Waals surface area contributed by atoms with Gasteiger partial charge in [-0.2, -0.15) is 4.98 Å². The number of nitrogens with zero attached hydrogens (tertiary/aromatic N) is 2. The number of benzene rings is 3. The number of methoxy groups -OCH3 is 1. The van der Waals surface area contributed by atoms with Crippen LogP contribution in [0.2, 0.25) is 5.02 Å². The van der Waals surface area contributed by atoms with E-state index in [1.54, 1.807) is 25.3 Å². The van der Waals surface area contributed by atoms with Gasteiger partial charge in [-0.25, -0.2) is 9.37 Å². The molecule has 0 saturated carbocycles. The van der Waals surface area contributed by atoms with Crippen LogP contribution in [0.25, 0.3) is 0 Å². The zero-order chi connectivity index (χ0) is 25.5. The van der Waals surface area contributed by atoms with E-state index in [-0.39, 0.29) is 17.4 Å². The number of rotatable bonds is 9. The van der Waals surface area contributed by atoms with E-state index in [1.165, 1.54) is 12.1 Å². The van der Waals surface area contributed by atoms with Crippen molar-refractivity contribution < 1.29 is 13.9 Å². The lowest BCUT2D eigenvalue weighted by Gasteiger charge is -2.11. The molecule has 0 atom stereocenters. The topological polar surface area (TPSA) is 88.2 Å². The van der Waals surface area contributed by atoms with Crippen molar-refractivity contribution >= 4 is 46.3 Å². The fourth-order valence-electron chi connectivity index (χ4n) is 3.45. The van der Waals surface area contributed by atoms with Gasteiger partial charge in [0.1, 0.15) is 17.4 Å². The third-order valence-corrected chi connectivity index (χ3v) is 5.56. The lowest BCUT2D eigenvalue weighted by Crippen LogP contribution is -2.12. The molecule has 4 rings (SSSR count). The molecule has 3 aromatic carbocycles. The van der Waals surface area contributed by atoms with Gasteiger partial charge in [-0.15, -0.1) is 0 Å². The summed E-state index contributed by atoms with van der Waals surface area (Å²) >= 11 is 5.80. The quantitative estimate of drug-likeness (QED) is 0.236. The molecule has 0 radical (unpaired) electrons. The molecule has 0 aliphatic heterocycles. The van der Waals surface area contributed by atoms with Crippen molar-refractivity contribution in [3.8, 4) is 5.75 Å². The maximum absolute atomic E-state index is 13.3. The number of anilines is 5.